The number of alkyl halides is 3. The van der Waals surface area contributed by atoms with E-state index in [0.29, 0.717) is 25.7 Å². The van der Waals surface area contributed by atoms with Crippen LogP contribution in [0.25, 0.3) is 0 Å². The average molecular weight is 365 g/mol. The number of hydrogen-bond acceptors (Lipinski definition) is 3. The lowest BCUT2D eigenvalue weighted by Crippen LogP contribution is -2.42. The predicted octanol–water partition coefficient (Wildman–Crippen LogP) is 3.02. The van der Waals surface area contributed by atoms with Gasteiger partial charge in [-0.2, -0.15) is 13.2 Å². The van der Waals surface area contributed by atoms with Gasteiger partial charge in [-0.3, -0.25) is 4.79 Å². The summed E-state index contributed by atoms with van der Waals surface area (Å²) in [5, 5.41) is 9.16. The average Bonchev–Trinajstić information content (AvgIpc) is 2.49. The topological polar surface area (TPSA) is 83.5 Å². The number of carbonyl (C=O) groups is 1. The van der Waals surface area contributed by atoms with Crippen molar-refractivity contribution in [3.05, 3.63) is 29.8 Å². The van der Waals surface area contributed by atoms with Gasteiger partial charge in [0.05, 0.1) is 15.9 Å². The highest BCUT2D eigenvalue weighted by molar-refractivity contribution is 7.89. The van der Waals surface area contributed by atoms with E-state index in [1.165, 1.54) is 0 Å². The minimum absolute atomic E-state index is 0.248. The molecular weight excluding hydrogens is 347 g/mol. The Kier molecular flexibility index (Phi) is 4.96. The molecule has 1 fully saturated rings. The molecule has 0 saturated heterocycles. The maximum atomic E-state index is 12.5. The molecule has 0 heterocycles. The normalized spacial score (nSPS) is 25.4. The Hall–Kier alpha value is -1.61. The zero-order valence-corrected chi connectivity index (χ0v) is 13.7. The molecule has 2 rings (SSSR count). The number of sulfonamides is 1. The van der Waals surface area contributed by atoms with Crippen LogP contribution in [0, 0.1) is 5.41 Å². The van der Waals surface area contributed by atoms with Crippen LogP contribution in [-0.2, 0) is 21.0 Å². The molecule has 0 bridgehead atoms. The summed E-state index contributed by atoms with van der Waals surface area (Å²) in [6, 6.07) is 2.84. The molecule has 134 valence electrons. The van der Waals surface area contributed by atoms with E-state index in [1.807, 2.05) is 0 Å². The highest BCUT2D eigenvalue weighted by Crippen LogP contribution is 2.36. The second-order valence-corrected chi connectivity index (χ2v) is 8.00. The van der Waals surface area contributed by atoms with Crippen molar-refractivity contribution in [1.82, 2.24) is 4.72 Å². The molecule has 24 heavy (non-hydrogen) atoms. The summed E-state index contributed by atoms with van der Waals surface area (Å²) in [4.78, 5) is 10.9. The van der Waals surface area contributed by atoms with Crippen molar-refractivity contribution >= 4 is 16.0 Å². The number of carboxylic acids is 1. The molecule has 9 heteroatoms. The molecule has 5 nitrogen and oxygen atoms in total. The Morgan fingerprint density at radius 3 is 2.12 bits per heavy atom. The van der Waals surface area contributed by atoms with Gasteiger partial charge >= 0.3 is 12.1 Å². The largest absolute Gasteiger partial charge is 0.481 e. The molecule has 0 radical (unpaired) electrons. The fourth-order valence-corrected chi connectivity index (χ4v) is 4.00. The van der Waals surface area contributed by atoms with Gasteiger partial charge in [-0.15, -0.1) is 0 Å². The van der Waals surface area contributed by atoms with Gasteiger partial charge in [0, 0.05) is 6.04 Å². The van der Waals surface area contributed by atoms with E-state index in [2.05, 4.69) is 4.72 Å². The number of benzene rings is 1. The summed E-state index contributed by atoms with van der Waals surface area (Å²) < 4.78 is 64.5. The molecule has 0 spiro atoms. The number of halogens is 3. The summed E-state index contributed by atoms with van der Waals surface area (Å²) in [7, 11) is -3.94. The van der Waals surface area contributed by atoms with Crippen LogP contribution in [0.15, 0.2) is 29.2 Å². The molecule has 0 atom stereocenters. The van der Waals surface area contributed by atoms with Crippen LogP contribution in [0.4, 0.5) is 13.2 Å². The van der Waals surface area contributed by atoms with E-state index in [4.69, 9.17) is 5.11 Å². The Balaban J connectivity index is 2.06. The van der Waals surface area contributed by atoms with E-state index in [9.17, 15) is 26.4 Å². The van der Waals surface area contributed by atoms with Crippen LogP contribution in [-0.4, -0.2) is 25.5 Å². The fourth-order valence-electron chi connectivity index (χ4n) is 2.70. The number of hydrogen-bond donors (Lipinski definition) is 2. The van der Waals surface area contributed by atoms with Gasteiger partial charge in [0.2, 0.25) is 10.0 Å². The molecular formula is C15H18F3NO4S. The van der Waals surface area contributed by atoms with Gasteiger partial charge in [0.15, 0.2) is 0 Å². The van der Waals surface area contributed by atoms with Crippen LogP contribution < -0.4 is 4.72 Å². The first-order valence-corrected chi connectivity index (χ1v) is 8.85. The lowest BCUT2D eigenvalue weighted by Gasteiger charge is -2.34. The first-order chi connectivity index (χ1) is 10.9. The predicted molar refractivity (Wildman–Crippen MR) is 79.8 cm³/mol. The third kappa shape index (κ3) is 4.07. The molecule has 0 unspecified atom stereocenters. The number of carboxylic acid groups (broad SMARTS) is 1. The molecule has 1 aromatic rings. The smallest absolute Gasteiger partial charge is 0.416 e. The summed E-state index contributed by atoms with van der Waals surface area (Å²) in [6.45, 7) is 1.62. The Morgan fingerprint density at radius 2 is 1.71 bits per heavy atom. The number of aliphatic carboxylic acids is 1. The fraction of sp³-hybridized carbons (Fsp3) is 0.533. The number of nitrogens with one attached hydrogen (secondary N) is 1. The quantitative estimate of drug-likeness (QED) is 0.859. The van der Waals surface area contributed by atoms with Crippen LogP contribution in [0.2, 0.25) is 0 Å². The maximum absolute atomic E-state index is 12.5. The lowest BCUT2D eigenvalue weighted by molar-refractivity contribution is -0.150. The highest BCUT2D eigenvalue weighted by Gasteiger charge is 2.38. The third-order valence-electron chi connectivity index (χ3n) is 4.42. The van der Waals surface area contributed by atoms with Crippen LogP contribution in [0.3, 0.4) is 0 Å². The Labute approximate surface area is 137 Å². The Bertz CT molecular complexity index is 705. The molecule has 2 N–H and O–H groups in total. The zero-order chi connectivity index (χ0) is 18.2. The Morgan fingerprint density at radius 1 is 1.21 bits per heavy atom. The van der Waals surface area contributed by atoms with Gasteiger partial charge in [-0.05, 0) is 56.9 Å². The molecule has 1 aliphatic carbocycles. The molecule has 0 aromatic heterocycles. The highest BCUT2D eigenvalue weighted by atomic mass is 32.2. The van der Waals surface area contributed by atoms with E-state index in [0.717, 1.165) is 24.3 Å². The zero-order valence-electron chi connectivity index (χ0n) is 12.9. The van der Waals surface area contributed by atoms with Crippen molar-refractivity contribution < 1.29 is 31.5 Å². The minimum Gasteiger partial charge on any atom is -0.481 e. The second-order valence-electron chi connectivity index (χ2n) is 6.28. The lowest BCUT2D eigenvalue weighted by atomic mass is 9.74. The van der Waals surface area contributed by atoms with Gasteiger partial charge in [-0.25, -0.2) is 13.1 Å². The van der Waals surface area contributed by atoms with Crippen molar-refractivity contribution in [2.24, 2.45) is 5.41 Å². The van der Waals surface area contributed by atoms with E-state index < -0.39 is 39.2 Å². The van der Waals surface area contributed by atoms with Gasteiger partial charge in [-0.1, -0.05) is 0 Å². The molecule has 1 aromatic carbocycles. The molecule has 0 amide bonds. The van der Waals surface area contributed by atoms with Crippen molar-refractivity contribution in [2.75, 3.05) is 0 Å². The monoisotopic (exact) mass is 365 g/mol. The number of rotatable bonds is 4. The summed E-state index contributed by atoms with van der Waals surface area (Å²) >= 11 is 0. The third-order valence-corrected chi connectivity index (χ3v) is 5.96. The van der Waals surface area contributed by atoms with Crippen molar-refractivity contribution in [2.45, 2.75) is 49.7 Å². The molecule has 1 saturated carbocycles. The van der Waals surface area contributed by atoms with Gasteiger partial charge in [0.25, 0.3) is 0 Å². The second kappa shape index (κ2) is 6.36. The molecule has 0 aliphatic heterocycles. The summed E-state index contributed by atoms with van der Waals surface area (Å²) in [5.74, 6) is -0.911. The first-order valence-electron chi connectivity index (χ1n) is 7.37. The van der Waals surface area contributed by atoms with E-state index in [1.54, 1.807) is 6.92 Å². The van der Waals surface area contributed by atoms with E-state index in [-0.39, 0.29) is 4.90 Å². The van der Waals surface area contributed by atoms with Gasteiger partial charge in [0.1, 0.15) is 0 Å². The SMILES string of the molecule is C[C@]1(C(=O)O)CC[C@H](NS(=O)(=O)c2ccc(C(F)(F)F)cc2)CC1. The van der Waals surface area contributed by atoms with E-state index >= 15 is 0 Å². The van der Waals surface area contributed by atoms with Crippen LogP contribution in [0.5, 0.6) is 0 Å². The standard InChI is InChI=1S/C15H18F3NO4S/c1-14(13(20)21)8-6-11(7-9-14)19-24(22,23)12-4-2-10(3-5-12)15(16,17)18/h2-5,11,19H,6-9H2,1H3,(H,20,21)/t11-,14-. The van der Waals surface area contributed by atoms with Gasteiger partial charge < -0.3 is 5.11 Å². The first kappa shape index (κ1) is 18.7. The maximum Gasteiger partial charge on any atom is 0.416 e. The van der Waals surface area contributed by atoms with Crippen LogP contribution in [0.1, 0.15) is 38.2 Å². The van der Waals surface area contributed by atoms with Crippen molar-refractivity contribution in [3.8, 4) is 0 Å². The van der Waals surface area contributed by atoms with Crippen LogP contribution >= 0.6 is 0 Å². The summed E-state index contributed by atoms with van der Waals surface area (Å²) in [6.07, 6.45) is -3.13. The van der Waals surface area contributed by atoms with Crippen molar-refractivity contribution in [3.63, 3.8) is 0 Å². The minimum atomic E-state index is -4.53. The molecule has 1 aliphatic rings. The van der Waals surface area contributed by atoms with Crippen molar-refractivity contribution in [1.29, 1.82) is 0 Å². The summed E-state index contributed by atoms with van der Waals surface area (Å²) in [5.41, 5.74) is -1.78.